The number of carbonyl (C=O) groups excluding carboxylic acids is 1. The Labute approximate surface area is 191 Å². The summed E-state index contributed by atoms with van der Waals surface area (Å²) in [4.78, 5) is 17.1. The lowest BCUT2D eigenvalue weighted by atomic mass is 10.0. The lowest BCUT2D eigenvalue weighted by Gasteiger charge is -2.27. The number of piperazine rings is 1. The summed E-state index contributed by atoms with van der Waals surface area (Å²) in [5.74, 6) is -0.0582. The summed E-state index contributed by atoms with van der Waals surface area (Å²) in [7, 11) is 3.95. The van der Waals surface area contributed by atoms with Gasteiger partial charge in [0.1, 0.15) is 0 Å². The Morgan fingerprint density at radius 1 is 0.906 bits per heavy atom. The Balaban J connectivity index is 1.42. The van der Waals surface area contributed by atoms with Gasteiger partial charge in [-0.25, -0.2) is 0 Å². The van der Waals surface area contributed by atoms with Crippen LogP contribution in [0.15, 0.2) is 72.8 Å². The number of hydrogen-bond donors (Lipinski definition) is 2. The third kappa shape index (κ3) is 5.75. The molecule has 0 unspecified atom stereocenters. The molecule has 0 radical (unpaired) electrons. The summed E-state index contributed by atoms with van der Waals surface area (Å²) in [5.41, 5.74) is 6.50. The summed E-state index contributed by atoms with van der Waals surface area (Å²) in [6.07, 6.45) is 0. The number of benzene rings is 3. The molecular weight excluding hydrogens is 396 g/mol. The molecule has 0 atom stereocenters. The van der Waals surface area contributed by atoms with Crippen molar-refractivity contribution in [3.63, 3.8) is 0 Å². The molecule has 166 valence electrons. The van der Waals surface area contributed by atoms with Gasteiger partial charge in [0.25, 0.3) is 5.91 Å². The van der Waals surface area contributed by atoms with Crippen molar-refractivity contribution in [2.45, 2.75) is 13.1 Å². The van der Waals surface area contributed by atoms with Crippen molar-refractivity contribution in [2.75, 3.05) is 45.2 Å². The molecule has 0 spiro atoms. The van der Waals surface area contributed by atoms with Gasteiger partial charge in [0.05, 0.1) is 0 Å². The maximum absolute atomic E-state index is 12.6. The van der Waals surface area contributed by atoms with Crippen molar-refractivity contribution in [1.82, 2.24) is 15.5 Å². The third-order valence-corrected chi connectivity index (χ3v) is 5.88. The first-order chi connectivity index (χ1) is 15.6. The van der Waals surface area contributed by atoms with E-state index in [9.17, 15) is 4.79 Å². The highest BCUT2D eigenvalue weighted by atomic mass is 16.1. The summed E-state index contributed by atoms with van der Waals surface area (Å²) < 4.78 is 0. The van der Waals surface area contributed by atoms with Crippen LogP contribution in [-0.2, 0) is 13.1 Å². The fraction of sp³-hybridized carbons (Fsp3) is 0.296. The van der Waals surface area contributed by atoms with Crippen LogP contribution in [-0.4, -0.2) is 51.1 Å². The fourth-order valence-electron chi connectivity index (χ4n) is 4.05. The van der Waals surface area contributed by atoms with Gasteiger partial charge in [-0.2, -0.15) is 0 Å². The Morgan fingerprint density at radius 3 is 2.28 bits per heavy atom. The first-order valence-corrected chi connectivity index (χ1v) is 11.3. The molecule has 1 aliphatic heterocycles. The van der Waals surface area contributed by atoms with Crippen LogP contribution in [0.3, 0.4) is 0 Å². The zero-order valence-electron chi connectivity index (χ0n) is 19.0. The number of carbonyl (C=O) groups is 1. The first kappa shape index (κ1) is 22.1. The van der Waals surface area contributed by atoms with Crippen LogP contribution in [0.25, 0.3) is 11.1 Å². The van der Waals surface area contributed by atoms with E-state index in [1.807, 2.05) is 43.3 Å². The average Bonchev–Trinajstić information content (AvgIpc) is 2.83. The van der Waals surface area contributed by atoms with Crippen molar-refractivity contribution >= 4 is 11.6 Å². The van der Waals surface area contributed by atoms with E-state index >= 15 is 0 Å². The van der Waals surface area contributed by atoms with Gasteiger partial charge >= 0.3 is 0 Å². The Morgan fingerprint density at radius 2 is 1.56 bits per heavy atom. The van der Waals surface area contributed by atoms with Crippen molar-refractivity contribution in [3.8, 4) is 11.1 Å². The molecule has 0 aliphatic carbocycles. The molecule has 1 heterocycles. The van der Waals surface area contributed by atoms with Crippen LogP contribution < -0.4 is 15.5 Å². The molecule has 1 aliphatic rings. The normalized spacial score (nSPS) is 14.2. The van der Waals surface area contributed by atoms with Gasteiger partial charge < -0.3 is 15.5 Å². The predicted molar refractivity (Wildman–Crippen MR) is 132 cm³/mol. The molecule has 1 fully saturated rings. The highest BCUT2D eigenvalue weighted by molar-refractivity contribution is 5.95. The Bertz CT molecular complexity index is 1060. The second-order valence-electron chi connectivity index (χ2n) is 8.55. The number of hydrogen-bond acceptors (Lipinski definition) is 4. The van der Waals surface area contributed by atoms with Crippen LogP contribution in [0.5, 0.6) is 0 Å². The van der Waals surface area contributed by atoms with Gasteiger partial charge in [-0.05, 0) is 52.6 Å². The highest BCUT2D eigenvalue weighted by Gasteiger charge is 2.11. The van der Waals surface area contributed by atoms with Crippen LogP contribution in [0.4, 0.5) is 5.69 Å². The summed E-state index contributed by atoms with van der Waals surface area (Å²) in [6, 6.07) is 24.9. The monoisotopic (exact) mass is 428 g/mol. The predicted octanol–water partition coefficient (Wildman–Crippen LogP) is 3.75. The quantitative estimate of drug-likeness (QED) is 0.602. The number of nitrogens with one attached hydrogen (secondary N) is 2. The molecule has 2 N–H and O–H groups in total. The van der Waals surface area contributed by atoms with Gasteiger partial charge in [-0.15, -0.1) is 0 Å². The van der Waals surface area contributed by atoms with Crippen molar-refractivity contribution < 1.29 is 4.79 Å². The van der Waals surface area contributed by atoms with E-state index in [-0.39, 0.29) is 5.91 Å². The van der Waals surface area contributed by atoms with Crippen LogP contribution >= 0.6 is 0 Å². The number of amides is 1. The zero-order chi connectivity index (χ0) is 22.3. The lowest BCUT2D eigenvalue weighted by Crippen LogP contribution is -2.42. The number of rotatable bonds is 7. The van der Waals surface area contributed by atoms with E-state index < -0.39 is 0 Å². The van der Waals surface area contributed by atoms with E-state index in [0.717, 1.165) is 44.0 Å². The molecule has 32 heavy (non-hydrogen) atoms. The molecule has 5 heteroatoms. The van der Waals surface area contributed by atoms with Gasteiger partial charge in [-0.3, -0.25) is 9.69 Å². The molecule has 3 aromatic rings. The van der Waals surface area contributed by atoms with E-state index in [0.29, 0.717) is 12.1 Å². The average molecular weight is 429 g/mol. The number of anilines is 1. The second-order valence-corrected chi connectivity index (χ2v) is 8.55. The minimum Gasteiger partial charge on any atom is -0.378 e. The van der Waals surface area contributed by atoms with Crippen LogP contribution in [0, 0.1) is 0 Å². The van der Waals surface area contributed by atoms with Gasteiger partial charge in [0.15, 0.2) is 0 Å². The Hall–Kier alpha value is -3.15. The van der Waals surface area contributed by atoms with Crippen molar-refractivity contribution in [1.29, 1.82) is 0 Å². The third-order valence-electron chi connectivity index (χ3n) is 5.88. The highest BCUT2D eigenvalue weighted by Crippen LogP contribution is 2.23. The topological polar surface area (TPSA) is 47.6 Å². The van der Waals surface area contributed by atoms with E-state index in [1.165, 1.54) is 16.7 Å². The first-order valence-electron chi connectivity index (χ1n) is 11.3. The molecule has 0 bridgehead atoms. The summed E-state index contributed by atoms with van der Waals surface area (Å²) >= 11 is 0. The number of nitrogens with zero attached hydrogens (tertiary/aromatic N) is 2. The van der Waals surface area contributed by atoms with E-state index in [4.69, 9.17) is 0 Å². The summed E-state index contributed by atoms with van der Waals surface area (Å²) in [6.45, 7) is 5.80. The van der Waals surface area contributed by atoms with Crippen molar-refractivity contribution in [2.24, 2.45) is 0 Å². The zero-order valence-corrected chi connectivity index (χ0v) is 19.0. The molecule has 1 amide bonds. The molecule has 0 aromatic heterocycles. The minimum atomic E-state index is -0.0582. The van der Waals surface area contributed by atoms with Gasteiger partial charge in [0, 0.05) is 64.6 Å². The van der Waals surface area contributed by atoms with Crippen molar-refractivity contribution in [3.05, 3.63) is 89.5 Å². The van der Waals surface area contributed by atoms with Crippen LogP contribution in [0.1, 0.15) is 21.5 Å². The van der Waals surface area contributed by atoms with E-state index in [1.54, 1.807) is 0 Å². The SMILES string of the molecule is CN(C)c1cccc(C(=O)NCc2cccc(-c3cccc(CN4CCNCC4)c3)c2)c1. The molecule has 0 saturated carbocycles. The maximum atomic E-state index is 12.6. The largest absolute Gasteiger partial charge is 0.378 e. The molecule has 5 nitrogen and oxygen atoms in total. The smallest absolute Gasteiger partial charge is 0.251 e. The van der Waals surface area contributed by atoms with Gasteiger partial charge in [-0.1, -0.05) is 42.5 Å². The molecule has 3 aromatic carbocycles. The Kier molecular flexibility index (Phi) is 7.20. The van der Waals surface area contributed by atoms with Gasteiger partial charge in [0.2, 0.25) is 0 Å². The lowest BCUT2D eigenvalue weighted by molar-refractivity contribution is 0.0951. The maximum Gasteiger partial charge on any atom is 0.251 e. The summed E-state index contributed by atoms with van der Waals surface area (Å²) in [5, 5.41) is 6.46. The van der Waals surface area contributed by atoms with Crippen LogP contribution in [0.2, 0.25) is 0 Å². The van der Waals surface area contributed by atoms with E-state index in [2.05, 4.69) is 64.1 Å². The fourth-order valence-corrected chi connectivity index (χ4v) is 4.05. The molecule has 1 saturated heterocycles. The molecule has 4 rings (SSSR count). The minimum absolute atomic E-state index is 0.0582. The second kappa shape index (κ2) is 10.4. The molecular formula is C27H32N4O. The standard InChI is InChI=1S/C27H32N4O/c1-30(2)26-11-5-10-25(18-26)27(32)29-19-21-6-3-8-23(16-21)24-9-4-7-22(17-24)20-31-14-12-28-13-15-31/h3-11,16-18,28H,12-15,19-20H2,1-2H3,(H,29,32).